The minimum absolute atomic E-state index is 0.00681. The summed E-state index contributed by atoms with van der Waals surface area (Å²) in [7, 11) is 0. The highest BCUT2D eigenvalue weighted by Gasteiger charge is 2.30. The van der Waals surface area contributed by atoms with Crippen molar-refractivity contribution in [2.75, 3.05) is 39.3 Å². The van der Waals surface area contributed by atoms with E-state index in [-0.39, 0.29) is 32.7 Å². The summed E-state index contributed by atoms with van der Waals surface area (Å²) in [6, 6.07) is -5.92. The van der Waals surface area contributed by atoms with Crippen LogP contribution in [0.3, 0.4) is 0 Å². The van der Waals surface area contributed by atoms with E-state index in [9.17, 15) is 24.0 Å². The Morgan fingerprint density at radius 2 is 0.694 bits per heavy atom. The molecule has 0 aliphatic rings. The second kappa shape index (κ2) is 30.0. The van der Waals surface area contributed by atoms with Crippen LogP contribution in [0.5, 0.6) is 0 Å². The molecule has 16 nitrogen and oxygen atoms in total. The standard InChI is InChI=1S/C33H68N10O6/c1-2-3-4-5-6-7-8-9-10-11-12-13-14-15-16-17-18-39-24(19-34)29(44)40-25(20-35)30(45)41-26(21-36)31(46)42-27(22-37)32(47)43-28(23-38)33(48)49/h24-28,39H,2-23,34-38H2,1H3,(H,40,44)(H,41,45)(H,42,46)(H,43,47)(H,48,49). The van der Waals surface area contributed by atoms with Gasteiger partial charge in [-0.25, -0.2) is 4.79 Å². The van der Waals surface area contributed by atoms with Gasteiger partial charge >= 0.3 is 5.97 Å². The van der Waals surface area contributed by atoms with E-state index >= 15 is 0 Å². The molecule has 0 aromatic rings. The van der Waals surface area contributed by atoms with Crippen molar-refractivity contribution < 1.29 is 29.1 Å². The summed E-state index contributed by atoms with van der Waals surface area (Å²) < 4.78 is 0. The molecule has 4 amide bonds. The Bertz CT molecular complexity index is 928. The van der Waals surface area contributed by atoms with E-state index in [1.165, 1.54) is 83.5 Å². The van der Waals surface area contributed by atoms with Crippen molar-refractivity contribution in [3.63, 3.8) is 0 Å². The predicted molar refractivity (Wildman–Crippen MR) is 192 cm³/mol. The quantitative estimate of drug-likeness (QED) is 0.0378. The van der Waals surface area contributed by atoms with Crippen LogP contribution in [0.4, 0.5) is 0 Å². The van der Waals surface area contributed by atoms with Crippen LogP contribution >= 0.6 is 0 Å². The Balaban J connectivity index is 4.44. The monoisotopic (exact) mass is 701 g/mol. The van der Waals surface area contributed by atoms with E-state index in [2.05, 4.69) is 33.5 Å². The molecule has 0 aromatic heterocycles. The van der Waals surface area contributed by atoms with Crippen molar-refractivity contribution in [3.05, 3.63) is 0 Å². The van der Waals surface area contributed by atoms with Gasteiger partial charge in [0.15, 0.2) is 0 Å². The SMILES string of the molecule is CCCCCCCCCCCCCCCCCCNC(CN)C(=O)NC(CN)C(=O)NC(CN)C(=O)NC(CN)C(=O)NC(CN)C(=O)O. The number of carbonyl (C=O) groups excluding carboxylic acids is 4. The highest BCUT2D eigenvalue weighted by Crippen LogP contribution is 2.13. The van der Waals surface area contributed by atoms with Crippen LogP contribution in [0.25, 0.3) is 0 Å². The van der Waals surface area contributed by atoms with Crippen molar-refractivity contribution in [1.82, 2.24) is 26.6 Å². The second-order valence-corrected chi connectivity index (χ2v) is 12.6. The average molecular weight is 701 g/mol. The van der Waals surface area contributed by atoms with Gasteiger partial charge in [0.2, 0.25) is 23.6 Å². The third kappa shape index (κ3) is 21.7. The smallest absolute Gasteiger partial charge is 0.327 e. The molecule has 0 aliphatic heterocycles. The number of amides is 4. The van der Waals surface area contributed by atoms with E-state index in [0.29, 0.717) is 6.54 Å². The molecule has 0 saturated heterocycles. The van der Waals surface area contributed by atoms with Crippen molar-refractivity contribution in [3.8, 4) is 0 Å². The number of carboxylic acids is 1. The molecule has 0 rings (SSSR count). The molecular formula is C33H68N10O6. The zero-order valence-corrected chi connectivity index (χ0v) is 29.8. The molecule has 0 radical (unpaired) electrons. The number of carboxylic acid groups (broad SMARTS) is 1. The van der Waals surface area contributed by atoms with Crippen LogP contribution < -0.4 is 55.3 Å². The summed E-state index contributed by atoms with van der Waals surface area (Å²) >= 11 is 0. The normalized spacial score (nSPS) is 14.2. The zero-order valence-electron chi connectivity index (χ0n) is 29.8. The number of hydrogen-bond acceptors (Lipinski definition) is 11. The summed E-state index contributed by atoms with van der Waals surface area (Å²) in [6.45, 7) is 1.49. The Hall–Kier alpha value is -2.89. The van der Waals surface area contributed by atoms with E-state index < -0.39 is 59.8 Å². The molecule has 0 spiro atoms. The van der Waals surface area contributed by atoms with Crippen LogP contribution in [0.15, 0.2) is 0 Å². The lowest BCUT2D eigenvalue weighted by atomic mass is 10.0. The molecule has 5 unspecified atom stereocenters. The molecule has 0 heterocycles. The zero-order chi connectivity index (χ0) is 36.9. The number of nitrogens with two attached hydrogens (primary N) is 5. The first-order valence-electron chi connectivity index (χ1n) is 18.3. The number of unbranched alkanes of at least 4 members (excludes halogenated alkanes) is 15. The van der Waals surface area contributed by atoms with E-state index in [0.717, 1.165) is 19.3 Å². The first kappa shape index (κ1) is 46.1. The van der Waals surface area contributed by atoms with Crippen molar-refractivity contribution in [2.24, 2.45) is 28.7 Å². The molecule has 16 N–H and O–H groups in total. The molecule has 5 atom stereocenters. The number of rotatable bonds is 32. The van der Waals surface area contributed by atoms with Gasteiger partial charge < -0.3 is 60.4 Å². The summed E-state index contributed by atoms with van der Waals surface area (Å²) in [5.41, 5.74) is 28.2. The minimum atomic E-state index is -1.38. The minimum Gasteiger partial charge on any atom is -0.480 e. The van der Waals surface area contributed by atoms with E-state index in [4.69, 9.17) is 33.8 Å². The van der Waals surface area contributed by atoms with Gasteiger partial charge in [-0.3, -0.25) is 19.2 Å². The molecule has 0 aliphatic carbocycles. The molecule has 0 fully saturated rings. The van der Waals surface area contributed by atoms with Gasteiger partial charge in [-0.1, -0.05) is 103 Å². The highest BCUT2D eigenvalue weighted by atomic mass is 16.4. The molecule has 49 heavy (non-hydrogen) atoms. The highest BCUT2D eigenvalue weighted by molar-refractivity contribution is 5.95. The number of carbonyl (C=O) groups is 5. The van der Waals surface area contributed by atoms with E-state index in [1.54, 1.807) is 0 Å². The molecule has 0 bridgehead atoms. The van der Waals surface area contributed by atoms with Crippen molar-refractivity contribution in [2.45, 2.75) is 140 Å². The fourth-order valence-corrected chi connectivity index (χ4v) is 5.24. The Morgan fingerprint density at radius 1 is 0.429 bits per heavy atom. The van der Waals surface area contributed by atoms with Crippen LogP contribution in [-0.4, -0.2) is 104 Å². The van der Waals surface area contributed by atoms with Gasteiger partial charge in [0.1, 0.15) is 24.2 Å². The Labute approximate surface area is 292 Å². The largest absolute Gasteiger partial charge is 0.480 e. The summed E-state index contributed by atoms with van der Waals surface area (Å²) in [4.78, 5) is 62.1. The number of nitrogens with one attached hydrogen (secondary N) is 5. The fourth-order valence-electron chi connectivity index (χ4n) is 5.24. The Kier molecular flexibility index (Phi) is 28.2. The first-order valence-corrected chi connectivity index (χ1v) is 18.3. The number of hydrogen-bond donors (Lipinski definition) is 11. The molecule has 286 valence electrons. The van der Waals surface area contributed by atoms with Gasteiger partial charge in [0.05, 0.1) is 6.04 Å². The lowest BCUT2D eigenvalue weighted by molar-refractivity contribution is -0.142. The van der Waals surface area contributed by atoms with Gasteiger partial charge in [-0.05, 0) is 13.0 Å². The van der Waals surface area contributed by atoms with Crippen molar-refractivity contribution >= 4 is 29.6 Å². The van der Waals surface area contributed by atoms with Crippen molar-refractivity contribution in [1.29, 1.82) is 0 Å². The third-order valence-corrected chi connectivity index (χ3v) is 8.43. The summed E-state index contributed by atoms with van der Waals surface area (Å²) in [6.07, 6.45) is 20.4. The van der Waals surface area contributed by atoms with Crippen LogP contribution in [0.1, 0.15) is 110 Å². The Morgan fingerprint density at radius 3 is 0.980 bits per heavy atom. The molecule has 0 saturated carbocycles. The van der Waals surface area contributed by atoms with Gasteiger partial charge in [0.25, 0.3) is 0 Å². The van der Waals surface area contributed by atoms with Crippen LogP contribution in [0, 0.1) is 0 Å². The van der Waals surface area contributed by atoms with Gasteiger partial charge in [-0.15, -0.1) is 0 Å². The lowest BCUT2D eigenvalue weighted by Gasteiger charge is -2.25. The number of aliphatic carboxylic acids is 1. The van der Waals surface area contributed by atoms with Gasteiger partial charge in [0, 0.05) is 32.7 Å². The predicted octanol–water partition coefficient (Wildman–Crippen LogP) is -0.977. The lowest BCUT2D eigenvalue weighted by Crippen LogP contribution is -2.62. The fraction of sp³-hybridized carbons (Fsp3) is 0.848. The first-order chi connectivity index (χ1) is 23.6. The maximum absolute atomic E-state index is 12.9. The van der Waals surface area contributed by atoms with E-state index in [1.807, 2.05) is 0 Å². The average Bonchev–Trinajstić information content (AvgIpc) is 3.09. The summed E-state index contributed by atoms with van der Waals surface area (Å²) in [5.74, 6) is -4.34. The summed E-state index contributed by atoms with van der Waals surface area (Å²) in [5, 5.41) is 21.7. The third-order valence-electron chi connectivity index (χ3n) is 8.43. The van der Waals surface area contributed by atoms with Gasteiger partial charge in [-0.2, -0.15) is 0 Å². The molecule has 0 aromatic carbocycles. The second-order valence-electron chi connectivity index (χ2n) is 12.6. The molecular weight excluding hydrogens is 632 g/mol. The maximum Gasteiger partial charge on any atom is 0.327 e. The maximum atomic E-state index is 12.9. The van der Waals surface area contributed by atoms with Crippen LogP contribution in [0.2, 0.25) is 0 Å². The molecule has 16 heteroatoms. The topological polar surface area (TPSA) is 296 Å². The van der Waals surface area contributed by atoms with Crippen LogP contribution in [-0.2, 0) is 24.0 Å².